The average molecular weight is 512 g/mol. The van der Waals surface area contributed by atoms with Crippen molar-refractivity contribution in [1.29, 1.82) is 0 Å². The van der Waals surface area contributed by atoms with Crippen molar-refractivity contribution in [3.8, 4) is 11.5 Å². The molecule has 160 valence electrons. The van der Waals surface area contributed by atoms with Crippen LogP contribution in [0, 0.1) is 0 Å². The van der Waals surface area contributed by atoms with Gasteiger partial charge in [-0.15, -0.1) is 24.0 Å². The molecule has 2 aromatic carbocycles. The van der Waals surface area contributed by atoms with Gasteiger partial charge in [0.1, 0.15) is 0 Å². The Bertz CT molecular complexity index is 783. The number of ether oxygens (including phenoxy) is 2. The summed E-state index contributed by atoms with van der Waals surface area (Å²) in [5, 5.41) is 6.66. The van der Waals surface area contributed by atoms with Crippen LogP contribution >= 0.6 is 24.0 Å². The number of methoxy groups -OCH3 is 1. The van der Waals surface area contributed by atoms with Crippen LogP contribution in [-0.2, 0) is 13.1 Å². The minimum atomic E-state index is 0. The highest BCUT2D eigenvalue weighted by atomic mass is 127. The fourth-order valence-corrected chi connectivity index (χ4v) is 2.79. The minimum Gasteiger partial charge on any atom is -0.493 e. The number of halogens is 1. The lowest BCUT2D eigenvalue weighted by Gasteiger charge is -2.16. The fraction of sp³-hybridized carbons (Fsp3) is 0.409. The van der Waals surface area contributed by atoms with Gasteiger partial charge in [0.05, 0.1) is 13.7 Å². The summed E-state index contributed by atoms with van der Waals surface area (Å²) >= 11 is 0. The summed E-state index contributed by atoms with van der Waals surface area (Å²) in [6.45, 7) is 7.37. The van der Waals surface area contributed by atoms with Gasteiger partial charge in [-0.05, 0) is 43.8 Å². The molecule has 0 amide bonds. The predicted octanol–water partition coefficient (Wildman–Crippen LogP) is 4.35. The molecule has 0 heterocycles. The molecular weight excluding hydrogens is 479 g/mol. The molecular formula is C22H33IN4O2. The van der Waals surface area contributed by atoms with Crippen LogP contribution in [0.2, 0.25) is 0 Å². The Labute approximate surface area is 191 Å². The number of aliphatic imine (C=N–C) groups is 1. The zero-order valence-electron chi connectivity index (χ0n) is 18.0. The second-order valence-corrected chi connectivity index (χ2v) is 6.50. The van der Waals surface area contributed by atoms with Gasteiger partial charge in [-0.1, -0.05) is 31.2 Å². The van der Waals surface area contributed by atoms with Crippen molar-refractivity contribution in [3.63, 3.8) is 0 Å². The Hall–Kier alpha value is -2.00. The van der Waals surface area contributed by atoms with E-state index in [1.54, 1.807) is 14.2 Å². The third kappa shape index (κ3) is 8.10. The van der Waals surface area contributed by atoms with Crippen molar-refractivity contribution in [1.82, 2.24) is 10.2 Å². The molecule has 0 radical (unpaired) electrons. The number of nitrogens with zero attached hydrogens (tertiary/aromatic N) is 2. The lowest BCUT2D eigenvalue weighted by molar-refractivity contribution is 0.311. The molecule has 29 heavy (non-hydrogen) atoms. The average Bonchev–Trinajstić information content (AvgIpc) is 2.71. The first-order valence-electron chi connectivity index (χ1n) is 9.64. The molecule has 0 spiro atoms. The highest BCUT2D eigenvalue weighted by Gasteiger charge is 2.07. The Morgan fingerprint density at radius 3 is 2.48 bits per heavy atom. The molecule has 0 aromatic heterocycles. The first kappa shape index (κ1) is 25.0. The Morgan fingerprint density at radius 1 is 1.07 bits per heavy atom. The van der Waals surface area contributed by atoms with E-state index in [1.165, 1.54) is 11.1 Å². The Morgan fingerprint density at radius 2 is 1.83 bits per heavy atom. The van der Waals surface area contributed by atoms with E-state index in [9.17, 15) is 0 Å². The van der Waals surface area contributed by atoms with Crippen LogP contribution in [0.5, 0.6) is 11.5 Å². The van der Waals surface area contributed by atoms with Gasteiger partial charge in [-0.3, -0.25) is 4.99 Å². The molecule has 2 N–H and O–H groups in total. The lowest BCUT2D eigenvalue weighted by Crippen LogP contribution is -2.30. The van der Waals surface area contributed by atoms with Crippen LogP contribution in [0.25, 0.3) is 0 Å². The van der Waals surface area contributed by atoms with Crippen molar-refractivity contribution in [2.45, 2.75) is 26.9 Å². The van der Waals surface area contributed by atoms with Crippen LogP contribution in [-0.4, -0.2) is 45.2 Å². The first-order chi connectivity index (χ1) is 13.6. The van der Waals surface area contributed by atoms with Gasteiger partial charge in [0, 0.05) is 31.9 Å². The van der Waals surface area contributed by atoms with Crippen LogP contribution in [0.3, 0.4) is 0 Å². The van der Waals surface area contributed by atoms with Crippen molar-refractivity contribution >= 4 is 35.6 Å². The number of rotatable bonds is 9. The second kappa shape index (κ2) is 13.3. The molecule has 0 saturated carbocycles. The van der Waals surface area contributed by atoms with Gasteiger partial charge < -0.3 is 25.0 Å². The van der Waals surface area contributed by atoms with E-state index in [0.29, 0.717) is 30.6 Å². The molecule has 0 fully saturated rings. The Kier molecular flexibility index (Phi) is 11.5. The normalized spacial score (nSPS) is 11.0. The van der Waals surface area contributed by atoms with Gasteiger partial charge in [-0.25, -0.2) is 0 Å². The van der Waals surface area contributed by atoms with E-state index < -0.39 is 0 Å². The maximum atomic E-state index is 5.64. The van der Waals surface area contributed by atoms with Crippen LogP contribution in [0.4, 0.5) is 5.69 Å². The van der Waals surface area contributed by atoms with Gasteiger partial charge in [-0.2, -0.15) is 0 Å². The monoisotopic (exact) mass is 512 g/mol. The summed E-state index contributed by atoms with van der Waals surface area (Å²) in [7, 11) is 5.52. The number of hydrogen-bond acceptors (Lipinski definition) is 4. The fourth-order valence-electron chi connectivity index (χ4n) is 2.79. The summed E-state index contributed by atoms with van der Waals surface area (Å²) in [4.78, 5) is 6.60. The second-order valence-electron chi connectivity index (χ2n) is 6.50. The molecule has 0 aliphatic carbocycles. The minimum absolute atomic E-state index is 0. The van der Waals surface area contributed by atoms with Gasteiger partial charge in [0.2, 0.25) is 0 Å². The first-order valence-corrected chi connectivity index (χ1v) is 9.64. The van der Waals surface area contributed by atoms with Gasteiger partial charge in [0.15, 0.2) is 17.5 Å². The smallest absolute Gasteiger partial charge is 0.195 e. The molecule has 0 atom stereocenters. The number of guanidine groups is 1. The number of hydrogen-bond donors (Lipinski definition) is 2. The maximum Gasteiger partial charge on any atom is 0.195 e. The van der Waals surface area contributed by atoms with Crippen LogP contribution in [0.15, 0.2) is 47.5 Å². The van der Waals surface area contributed by atoms with Crippen molar-refractivity contribution in [2.24, 2.45) is 4.99 Å². The molecule has 0 aliphatic rings. The van der Waals surface area contributed by atoms with Crippen LogP contribution < -0.4 is 20.1 Å². The van der Waals surface area contributed by atoms with E-state index >= 15 is 0 Å². The summed E-state index contributed by atoms with van der Waals surface area (Å²) < 4.78 is 11.0. The van der Waals surface area contributed by atoms with E-state index in [0.717, 1.165) is 18.8 Å². The molecule has 6 nitrogen and oxygen atoms in total. The zero-order chi connectivity index (χ0) is 20.4. The number of anilines is 1. The Balaban J connectivity index is 0.00000420. The standard InChI is InChI=1S/C22H32N4O2.HI/c1-6-26(4)16-18-10-8-9-17(13-18)15-24-22(23-3)25-19-11-12-20(27-5)21(14-19)28-7-2;/h8-14H,6-7,15-16H2,1-5H3,(H2,23,24,25);1H. The molecule has 0 unspecified atom stereocenters. The quantitative estimate of drug-likeness (QED) is 0.297. The summed E-state index contributed by atoms with van der Waals surface area (Å²) in [5.41, 5.74) is 3.41. The molecule has 2 rings (SSSR count). The topological polar surface area (TPSA) is 58.1 Å². The van der Waals surface area contributed by atoms with E-state index in [2.05, 4.69) is 58.8 Å². The van der Waals surface area contributed by atoms with Crippen molar-refractivity contribution < 1.29 is 9.47 Å². The molecule has 2 aromatic rings. The van der Waals surface area contributed by atoms with Crippen molar-refractivity contribution in [3.05, 3.63) is 53.6 Å². The molecule has 0 aliphatic heterocycles. The number of benzene rings is 2. The van der Waals surface area contributed by atoms with Gasteiger partial charge >= 0.3 is 0 Å². The molecule has 0 saturated heterocycles. The highest BCUT2D eigenvalue weighted by Crippen LogP contribution is 2.30. The molecule has 7 heteroatoms. The highest BCUT2D eigenvalue weighted by molar-refractivity contribution is 14.0. The van der Waals surface area contributed by atoms with E-state index in [-0.39, 0.29) is 24.0 Å². The van der Waals surface area contributed by atoms with E-state index in [1.807, 2.05) is 25.1 Å². The molecule has 0 bridgehead atoms. The maximum absolute atomic E-state index is 5.64. The van der Waals surface area contributed by atoms with Gasteiger partial charge in [0.25, 0.3) is 0 Å². The predicted molar refractivity (Wildman–Crippen MR) is 132 cm³/mol. The summed E-state index contributed by atoms with van der Waals surface area (Å²) in [6, 6.07) is 14.3. The zero-order valence-corrected chi connectivity index (χ0v) is 20.3. The number of nitrogens with one attached hydrogen (secondary N) is 2. The van der Waals surface area contributed by atoms with E-state index in [4.69, 9.17) is 9.47 Å². The summed E-state index contributed by atoms with van der Waals surface area (Å²) in [6.07, 6.45) is 0. The third-order valence-corrected chi connectivity index (χ3v) is 4.39. The lowest BCUT2D eigenvalue weighted by atomic mass is 10.1. The van der Waals surface area contributed by atoms with Crippen LogP contribution in [0.1, 0.15) is 25.0 Å². The SMILES string of the molecule is CCOc1cc(NC(=NC)NCc2cccc(CN(C)CC)c2)ccc1OC.I. The summed E-state index contributed by atoms with van der Waals surface area (Å²) in [5.74, 6) is 2.12. The van der Waals surface area contributed by atoms with Crippen molar-refractivity contribution in [2.75, 3.05) is 39.7 Å². The third-order valence-electron chi connectivity index (χ3n) is 4.39. The largest absolute Gasteiger partial charge is 0.493 e.